The summed E-state index contributed by atoms with van der Waals surface area (Å²) in [5.74, 6) is 2.41. The molecule has 0 N–H and O–H groups in total. The molecule has 1 aliphatic rings. The van der Waals surface area contributed by atoms with Crippen LogP contribution >= 0.6 is 11.6 Å². The van der Waals surface area contributed by atoms with Crippen molar-refractivity contribution >= 4 is 23.4 Å². The molecular formula is C12H19ClN4. The average Bonchev–Trinajstić information content (AvgIpc) is 2.39. The van der Waals surface area contributed by atoms with Gasteiger partial charge < -0.3 is 9.80 Å². The lowest BCUT2D eigenvalue weighted by Crippen LogP contribution is -2.41. The molecule has 0 aromatic carbocycles. The summed E-state index contributed by atoms with van der Waals surface area (Å²) in [7, 11) is 3.91. The normalized spacial score (nSPS) is 20.4. The highest BCUT2D eigenvalue weighted by Gasteiger charge is 2.23. The maximum absolute atomic E-state index is 6.03. The molecule has 5 heteroatoms. The first kappa shape index (κ1) is 12.4. The highest BCUT2D eigenvalue weighted by atomic mass is 35.5. The molecular weight excluding hydrogens is 236 g/mol. The zero-order valence-electron chi connectivity index (χ0n) is 10.4. The van der Waals surface area contributed by atoms with Crippen molar-refractivity contribution in [3.05, 3.63) is 12.3 Å². The van der Waals surface area contributed by atoms with Crippen LogP contribution in [-0.2, 0) is 0 Å². The van der Waals surface area contributed by atoms with Gasteiger partial charge in [-0.1, -0.05) is 0 Å². The fourth-order valence-corrected chi connectivity index (χ4v) is 2.50. The molecule has 2 rings (SSSR count). The van der Waals surface area contributed by atoms with Crippen molar-refractivity contribution in [2.75, 3.05) is 36.3 Å². The second-order valence-electron chi connectivity index (χ2n) is 4.61. The number of alkyl halides is 1. The molecule has 1 aromatic rings. The zero-order chi connectivity index (χ0) is 12.3. The molecule has 0 spiro atoms. The number of anilines is 2. The maximum Gasteiger partial charge on any atom is 0.226 e. The summed E-state index contributed by atoms with van der Waals surface area (Å²) in [6, 6.07) is 2.38. The Bertz CT molecular complexity index is 369. The minimum atomic E-state index is 0.412. The summed E-state index contributed by atoms with van der Waals surface area (Å²) < 4.78 is 0. The van der Waals surface area contributed by atoms with Crippen molar-refractivity contribution in [3.8, 4) is 0 Å². The average molecular weight is 255 g/mol. The van der Waals surface area contributed by atoms with Gasteiger partial charge in [-0.3, -0.25) is 0 Å². The lowest BCUT2D eigenvalue weighted by Gasteiger charge is -2.35. The standard InChI is InChI=1S/C12H19ClN4/c1-16(2)12-14-7-6-11(15-12)17-8-4-3-5-10(17)9-13/h6-7,10H,3-5,8-9H2,1-2H3. The molecule has 1 saturated heterocycles. The van der Waals surface area contributed by atoms with Gasteiger partial charge in [-0.05, 0) is 25.3 Å². The Morgan fingerprint density at radius 2 is 2.29 bits per heavy atom. The third-order valence-electron chi connectivity index (χ3n) is 3.13. The Labute approximate surface area is 108 Å². The Hall–Kier alpha value is -1.03. The third kappa shape index (κ3) is 2.80. The van der Waals surface area contributed by atoms with Crippen LogP contribution in [0.15, 0.2) is 12.3 Å². The summed E-state index contributed by atoms with van der Waals surface area (Å²) in [4.78, 5) is 13.0. The second kappa shape index (κ2) is 5.54. The van der Waals surface area contributed by atoms with Crippen LogP contribution in [0.4, 0.5) is 11.8 Å². The van der Waals surface area contributed by atoms with E-state index in [2.05, 4.69) is 14.9 Å². The Balaban J connectivity index is 2.22. The molecule has 1 fully saturated rings. The number of nitrogens with zero attached hydrogens (tertiary/aromatic N) is 4. The summed E-state index contributed by atoms with van der Waals surface area (Å²) >= 11 is 6.03. The van der Waals surface area contributed by atoms with Gasteiger partial charge in [0.2, 0.25) is 5.95 Å². The zero-order valence-corrected chi connectivity index (χ0v) is 11.2. The van der Waals surface area contributed by atoms with Gasteiger partial charge in [0.05, 0.1) is 0 Å². The minimum absolute atomic E-state index is 0.412. The van der Waals surface area contributed by atoms with Gasteiger partial charge in [0.25, 0.3) is 0 Å². The van der Waals surface area contributed by atoms with Gasteiger partial charge in [0.15, 0.2) is 0 Å². The predicted molar refractivity (Wildman–Crippen MR) is 72.1 cm³/mol. The van der Waals surface area contributed by atoms with E-state index in [-0.39, 0.29) is 0 Å². The third-order valence-corrected chi connectivity index (χ3v) is 3.48. The lowest BCUT2D eigenvalue weighted by atomic mass is 10.0. The van der Waals surface area contributed by atoms with Crippen molar-refractivity contribution in [3.63, 3.8) is 0 Å². The quantitative estimate of drug-likeness (QED) is 0.774. The molecule has 0 saturated carbocycles. The summed E-state index contributed by atoms with van der Waals surface area (Å²) in [5.41, 5.74) is 0. The molecule has 1 aliphatic heterocycles. The van der Waals surface area contributed by atoms with Crippen molar-refractivity contribution in [2.24, 2.45) is 0 Å². The monoisotopic (exact) mass is 254 g/mol. The number of halogens is 1. The molecule has 1 unspecified atom stereocenters. The number of hydrogen-bond donors (Lipinski definition) is 0. The molecule has 94 valence electrons. The highest BCUT2D eigenvalue weighted by Crippen LogP contribution is 2.24. The fourth-order valence-electron chi connectivity index (χ4n) is 2.18. The predicted octanol–water partition coefficient (Wildman–Crippen LogP) is 2.14. The lowest BCUT2D eigenvalue weighted by molar-refractivity contribution is 0.484. The SMILES string of the molecule is CN(C)c1nccc(N2CCCCC2CCl)n1. The number of rotatable bonds is 3. The molecule has 0 amide bonds. The molecule has 0 aliphatic carbocycles. The first-order chi connectivity index (χ1) is 8.22. The van der Waals surface area contributed by atoms with E-state index in [1.54, 1.807) is 0 Å². The van der Waals surface area contributed by atoms with Crippen LogP contribution < -0.4 is 9.80 Å². The molecule has 1 atom stereocenters. The largest absolute Gasteiger partial charge is 0.352 e. The van der Waals surface area contributed by atoms with Crippen molar-refractivity contribution in [1.29, 1.82) is 0 Å². The van der Waals surface area contributed by atoms with Gasteiger partial charge >= 0.3 is 0 Å². The number of piperidine rings is 1. The van der Waals surface area contributed by atoms with E-state index in [9.17, 15) is 0 Å². The van der Waals surface area contributed by atoms with Gasteiger partial charge in [-0.25, -0.2) is 4.98 Å². The molecule has 17 heavy (non-hydrogen) atoms. The molecule has 4 nitrogen and oxygen atoms in total. The van der Waals surface area contributed by atoms with Crippen LogP contribution in [0, 0.1) is 0 Å². The van der Waals surface area contributed by atoms with Crippen LogP contribution in [0.25, 0.3) is 0 Å². The highest BCUT2D eigenvalue weighted by molar-refractivity contribution is 6.18. The van der Waals surface area contributed by atoms with E-state index in [0.29, 0.717) is 11.9 Å². The van der Waals surface area contributed by atoms with E-state index in [1.807, 2.05) is 31.3 Å². The van der Waals surface area contributed by atoms with Crippen molar-refractivity contribution in [2.45, 2.75) is 25.3 Å². The Morgan fingerprint density at radius 1 is 1.47 bits per heavy atom. The van der Waals surface area contributed by atoms with Crippen LogP contribution in [-0.4, -0.2) is 42.5 Å². The molecule has 0 radical (unpaired) electrons. The Morgan fingerprint density at radius 3 is 3.00 bits per heavy atom. The summed E-state index contributed by atoms with van der Waals surface area (Å²) in [6.45, 7) is 1.04. The van der Waals surface area contributed by atoms with Gasteiger partial charge in [-0.15, -0.1) is 11.6 Å². The molecule has 0 bridgehead atoms. The topological polar surface area (TPSA) is 32.3 Å². The van der Waals surface area contributed by atoms with Crippen LogP contribution in [0.1, 0.15) is 19.3 Å². The maximum atomic E-state index is 6.03. The summed E-state index contributed by atoms with van der Waals surface area (Å²) in [5, 5.41) is 0. The first-order valence-electron chi connectivity index (χ1n) is 6.05. The van der Waals surface area contributed by atoms with Gasteiger partial charge in [-0.2, -0.15) is 4.98 Å². The Kier molecular flexibility index (Phi) is 4.05. The first-order valence-corrected chi connectivity index (χ1v) is 6.59. The minimum Gasteiger partial charge on any atom is -0.352 e. The van der Waals surface area contributed by atoms with Gasteiger partial charge in [0.1, 0.15) is 5.82 Å². The van der Waals surface area contributed by atoms with E-state index in [4.69, 9.17) is 11.6 Å². The van der Waals surface area contributed by atoms with Crippen molar-refractivity contribution < 1.29 is 0 Å². The summed E-state index contributed by atoms with van der Waals surface area (Å²) in [6.07, 6.45) is 5.45. The van der Waals surface area contributed by atoms with Gasteiger partial charge in [0, 0.05) is 38.8 Å². The van der Waals surface area contributed by atoms with E-state index in [0.717, 1.165) is 24.7 Å². The van der Waals surface area contributed by atoms with Crippen molar-refractivity contribution in [1.82, 2.24) is 9.97 Å². The van der Waals surface area contributed by atoms with E-state index in [1.165, 1.54) is 12.8 Å². The van der Waals surface area contributed by atoms with E-state index < -0.39 is 0 Å². The number of hydrogen-bond acceptors (Lipinski definition) is 4. The second-order valence-corrected chi connectivity index (χ2v) is 4.92. The van der Waals surface area contributed by atoms with Crippen LogP contribution in [0.3, 0.4) is 0 Å². The molecule has 2 heterocycles. The van der Waals surface area contributed by atoms with Crippen LogP contribution in [0.2, 0.25) is 0 Å². The van der Waals surface area contributed by atoms with Crippen LogP contribution in [0.5, 0.6) is 0 Å². The smallest absolute Gasteiger partial charge is 0.226 e. The van der Waals surface area contributed by atoms with E-state index >= 15 is 0 Å². The number of aromatic nitrogens is 2. The molecule has 1 aromatic heterocycles. The fraction of sp³-hybridized carbons (Fsp3) is 0.667.